The van der Waals surface area contributed by atoms with Crippen molar-refractivity contribution in [2.24, 2.45) is 5.92 Å². The smallest absolute Gasteiger partial charge is 0.0717 e. The molecule has 0 saturated heterocycles. The number of aliphatic hydroxyl groups is 1. The summed E-state index contributed by atoms with van der Waals surface area (Å²) in [7, 11) is 0. The zero-order valence-electron chi connectivity index (χ0n) is 8.23. The molecule has 0 spiro atoms. The number of benzene rings is 1. The summed E-state index contributed by atoms with van der Waals surface area (Å²) in [4.78, 5) is 0. The second kappa shape index (κ2) is 4.58. The Labute approximate surface area is 84.5 Å². The van der Waals surface area contributed by atoms with E-state index in [9.17, 15) is 5.11 Å². The number of aliphatic hydroxyl groups excluding tert-OH is 1. The zero-order chi connectivity index (χ0) is 9.80. The van der Waals surface area contributed by atoms with Crippen LogP contribution in [0.25, 0.3) is 0 Å². The summed E-state index contributed by atoms with van der Waals surface area (Å²) < 4.78 is 5.53. The summed E-state index contributed by atoms with van der Waals surface area (Å²) in [6, 6.07) is 10.1. The maximum absolute atomic E-state index is 9.32. The molecule has 2 atom stereocenters. The molecule has 14 heavy (non-hydrogen) atoms. The number of rotatable bonds is 4. The van der Waals surface area contributed by atoms with Gasteiger partial charge in [-0.25, -0.2) is 0 Å². The average molecular weight is 192 g/mol. The van der Waals surface area contributed by atoms with Crippen molar-refractivity contribution in [3.8, 4) is 0 Å². The minimum atomic E-state index is -0.120. The monoisotopic (exact) mass is 192 g/mol. The van der Waals surface area contributed by atoms with Crippen molar-refractivity contribution in [3.63, 3.8) is 0 Å². The molecule has 1 aromatic carbocycles. The van der Waals surface area contributed by atoms with E-state index < -0.39 is 0 Å². The normalized spacial score (nSPS) is 25.8. The minimum absolute atomic E-state index is 0.120. The Kier molecular flexibility index (Phi) is 3.17. The molecule has 2 rings (SSSR count). The van der Waals surface area contributed by atoms with Gasteiger partial charge in [-0.3, -0.25) is 0 Å². The fourth-order valence-electron chi connectivity index (χ4n) is 1.65. The van der Waals surface area contributed by atoms with E-state index in [1.807, 2.05) is 18.2 Å². The van der Waals surface area contributed by atoms with Crippen molar-refractivity contribution in [3.05, 3.63) is 35.9 Å². The van der Waals surface area contributed by atoms with Crippen molar-refractivity contribution in [1.29, 1.82) is 0 Å². The molecule has 1 fully saturated rings. The van der Waals surface area contributed by atoms with Crippen LogP contribution in [0.4, 0.5) is 0 Å². The van der Waals surface area contributed by atoms with Crippen LogP contribution in [-0.2, 0) is 11.3 Å². The van der Waals surface area contributed by atoms with E-state index in [4.69, 9.17) is 4.74 Å². The second-order valence-corrected chi connectivity index (χ2v) is 3.91. The van der Waals surface area contributed by atoms with E-state index in [2.05, 4.69) is 12.1 Å². The van der Waals surface area contributed by atoms with Crippen molar-refractivity contribution < 1.29 is 9.84 Å². The van der Waals surface area contributed by atoms with Crippen molar-refractivity contribution in [2.75, 3.05) is 6.61 Å². The van der Waals surface area contributed by atoms with Gasteiger partial charge >= 0.3 is 0 Å². The van der Waals surface area contributed by atoms with Crippen molar-refractivity contribution in [1.82, 2.24) is 0 Å². The Hall–Kier alpha value is -0.860. The van der Waals surface area contributed by atoms with Gasteiger partial charge in [0.1, 0.15) is 0 Å². The Morgan fingerprint density at radius 1 is 1.21 bits per heavy atom. The van der Waals surface area contributed by atoms with Crippen LogP contribution in [0.15, 0.2) is 30.3 Å². The third-order valence-electron chi connectivity index (χ3n) is 2.82. The molecule has 1 aliphatic carbocycles. The average Bonchev–Trinajstić information content (AvgIpc) is 2.24. The second-order valence-electron chi connectivity index (χ2n) is 3.91. The van der Waals surface area contributed by atoms with Crippen LogP contribution in [0.1, 0.15) is 18.4 Å². The van der Waals surface area contributed by atoms with Gasteiger partial charge in [0.25, 0.3) is 0 Å². The zero-order valence-corrected chi connectivity index (χ0v) is 8.23. The number of hydrogen-bond donors (Lipinski definition) is 1. The lowest BCUT2D eigenvalue weighted by Gasteiger charge is -2.31. The summed E-state index contributed by atoms with van der Waals surface area (Å²) in [5.41, 5.74) is 1.20. The van der Waals surface area contributed by atoms with Crippen LogP contribution in [0, 0.1) is 5.92 Å². The van der Waals surface area contributed by atoms with Gasteiger partial charge in [-0.2, -0.15) is 0 Å². The summed E-state index contributed by atoms with van der Waals surface area (Å²) in [5.74, 6) is 0.374. The molecule has 0 aliphatic heterocycles. The molecule has 0 radical (unpaired) electrons. The summed E-state index contributed by atoms with van der Waals surface area (Å²) in [6.07, 6.45) is 1.93. The van der Waals surface area contributed by atoms with Crippen molar-refractivity contribution >= 4 is 0 Å². The Balaban J connectivity index is 1.68. The van der Waals surface area contributed by atoms with Crippen LogP contribution < -0.4 is 0 Å². The number of ether oxygens (including phenoxy) is 1. The van der Waals surface area contributed by atoms with Crippen LogP contribution in [0.3, 0.4) is 0 Å². The van der Waals surface area contributed by atoms with E-state index in [0.717, 1.165) is 12.8 Å². The third-order valence-corrected chi connectivity index (χ3v) is 2.82. The standard InChI is InChI=1S/C12H16O2/c13-12-7-6-11(12)9-14-8-10-4-2-1-3-5-10/h1-5,11-13H,6-9H2/t11-,12?/m0/s1. The lowest BCUT2D eigenvalue weighted by molar-refractivity contribution is -0.0354. The quantitative estimate of drug-likeness (QED) is 0.790. The molecule has 76 valence electrons. The fourth-order valence-corrected chi connectivity index (χ4v) is 1.65. The highest BCUT2D eigenvalue weighted by molar-refractivity contribution is 5.13. The van der Waals surface area contributed by atoms with Gasteiger partial charge in [-0.05, 0) is 18.4 Å². The Morgan fingerprint density at radius 3 is 2.57 bits per heavy atom. The Bertz CT molecular complexity index is 271. The Morgan fingerprint density at radius 2 is 2.00 bits per heavy atom. The lowest BCUT2D eigenvalue weighted by atomic mass is 9.83. The third kappa shape index (κ3) is 2.34. The predicted molar refractivity (Wildman–Crippen MR) is 54.8 cm³/mol. The van der Waals surface area contributed by atoms with E-state index >= 15 is 0 Å². The van der Waals surface area contributed by atoms with Gasteiger partial charge in [0.05, 0.1) is 19.3 Å². The topological polar surface area (TPSA) is 29.5 Å². The molecule has 0 heterocycles. The highest BCUT2D eigenvalue weighted by Gasteiger charge is 2.28. The van der Waals surface area contributed by atoms with Gasteiger partial charge < -0.3 is 9.84 Å². The molecule has 1 aromatic rings. The highest BCUT2D eigenvalue weighted by Crippen LogP contribution is 2.27. The number of hydrogen-bond acceptors (Lipinski definition) is 2. The maximum atomic E-state index is 9.32. The molecule has 0 amide bonds. The molecule has 0 aromatic heterocycles. The first-order valence-corrected chi connectivity index (χ1v) is 5.16. The van der Waals surface area contributed by atoms with E-state index in [1.54, 1.807) is 0 Å². The molecule has 0 bridgehead atoms. The molecule has 1 unspecified atom stereocenters. The maximum Gasteiger partial charge on any atom is 0.0717 e. The van der Waals surface area contributed by atoms with E-state index in [-0.39, 0.29) is 6.10 Å². The van der Waals surface area contributed by atoms with Crippen LogP contribution in [-0.4, -0.2) is 17.8 Å². The largest absolute Gasteiger partial charge is 0.393 e. The van der Waals surface area contributed by atoms with E-state index in [0.29, 0.717) is 19.1 Å². The molecule has 2 nitrogen and oxygen atoms in total. The highest BCUT2D eigenvalue weighted by atomic mass is 16.5. The molecule has 2 heteroatoms. The minimum Gasteiger partial charge on any atom is -0.393 e. The molecular formula is C12H16O2. The van der Waals surface area contributed by atoms with Gasteiger partial charge in [-0.15, -0.1) is 0 Å². The van der Waals surface area contributed by atoms with E-state index in [1.165, 1.54) is 5.56 Å². The first-order valence-electron chi connectivity index (χ1n) is 5.16. The molecule has 1 saturated carbocycles. The predicted octanol–water partition coefficient (Wildman–Crippen LogP) is 1.97. The van der Waals surface area contributed by atoms with Gasteiger partial charge in [0, 0.05) is 5.92 Å². The summed E-state index contributed by atoms with van der Waals surface area (Å²) in [5, 5.41) is 9.32. The molecular weight excluding hydrogens is 176 g/mol. The molecule has 1 aliphatic rings. The summed E-state index contributed by atoms with van der Waals surface area (Å²) >= 11 is 0. The van der Waals surface area contributed by atoms with Crippen LogP contribution in [0.5, 0.6) is 0 Å². The SMILES string of the molecule is OC1CC[C@H]1COCc1ccccc1. The first-order chi connectivity index (χ1) is 6.86. The van der Waals surface area contributed by atoms with Crippen LogP contribution >= 0.6 is 0 Å². The fraction of sp³-hybridized carbons (Fsp3) is 0.500. The van der Waals surface area contributed by atoms with Gasteiger partial charge in [0.15, 0.2) is 0 Å². The van der Waals surface area contributed by atoms with Crippen molar-refractivity contribution in [2.45, 2.75) is 25.6 Å². The lowest BCUT2D eigenvalue weighted by Crippen LogP contribution is -2.34. The summed E-state index contributed by atoms with van der Waals surface area (Å²) in [6.45, 7) is 1.35. The molecule has 1 N–H and O–H groups in total. The first kappa shape index (κ1) is 9.69. The van der Waals surface area contributed by atoms with Gasteiger partial charge in [-0.1, -0.05) is 30.3 Å². The van der Waals surface area contributed by atoms with Gasteiger partial charge in [0.2, 0.25) is 0 Å². The van der Waals surface area contributed by atoms with Crippen LogP contribution in [0.2, 0.25) is 0 Å².